The van der Waals surface area contributed by atoms with Gasteiger partial charge in [-0.3, -0.25) is 4.68 Å². The van der Waals surface area contributed by atoms with Gasteiger partial charge in [0.2, 0.25) is 0 Å². The normalized spacial score (nSPS) is 29.1. The second-order valence-corrected chi connectivity index (χ2v) is 6.57. The Kier molecular flexibility index (Phi) is 4.87. The van der Waals surface area contributed by atoms with Gasteiger partial charge in [0.1, 0.15) is 0 Å². The molecule has 1 aromatic heterocycles. The Hall–Kier alpha value is -0.980. The van der Waals surface area contributed by atoms with E-state index in [0.717, 1.165) is 49.8 Å². The smallest absolute Gasteiger partial charge is 0.0964 e. The summed E-state index contributed by atoms with van der Waals surface area (Å²) in [5, 5.41) is 20.6. The number of aryl methyl sites for hydroxylation is 1. The van der Waals surface area contributed by atoms with Crippen molar-refractivity contribution in [2.24, 2.45) is 5.92 Å². The predicted octanol–water partition coefficient (Wildman–Crippen LogP) is 0.623. The van der Waals surface area contributed by atoms with Gasteiger partial charge in [0.15, 0.2) is 0 Å². The molecule has 2 fully saturated rings. The van der Waals surface area contributed by atoms with Crippen molar-refractivity contribution in [3.63, 3.8) is 0 Å². The van der Waals surface area contributed by atoms with E-state index in [2.05, 4.69) is 27.6 Å². The first-order chi connectivity index (χ1) is 10.3. The lowest BCUT2D eigenvalue weighted by Gasteiger charge is -2.36. The zero-order chi connectivity index (χ0) is 14.7. The third-order valence-electron chi connectivity index (χ3n) is 5.07. The molecule has 2 aliphatic heterocycles. The minimum atomic E-state index is 0.200. The Bertz CT molecular complexity index is 435. The van der Waals surface area contributed by atoms with Crippen molar-refractivity contribution < 1.29 is 5.11 Å². The SMILES string of the molecule is CN1C2CCC1CC(CNCc1cn(CCCO)nn1)C2. The highest BCUT2D eigenvalue weighted by Gasteiger charge is 2.37. The van der Waals surface area contributed by atoms with Gasteiger partial charge in [-0.05, 0) is 51.6 Å². The summed E-state index contributed by atoms with van der Waals surface area (Å²) in [7, 11) is 2.29. The number of aromatic nitrogens is 3. The van der Waals surface area contributed by atoms with Crippen molar-refractivity contribution in [3.8, 4) is 0 Å². The first kappa shape index (κ1) is 14.9. The second-order valence-electron chi connectivity index (χ2n) is 6.57. The van der Waals surface area contributed by atoms with Crippen LogP contribution < -0.4 is 5.32 Å². The molecule has 3 rings (SSSR count). The summed E-state index contributed by atoms with van der Waals surface area (Å²) in [6.45, 7) is 2.82. The van der Waals surface area contributed by atoms with Crippen LogP contribution in [0, 0.1) is 5.92 Å². The average Bonchev–Trinajstić information content (AvgIpc) is 2.99. The van der Waals surface area contributed by atoms with E-state index in [-0.39, 0.29) is 6.61 Å². The number of fused-ring (bicyclic) bond motifs is 2. The second kappa shape index (κ2) is 6.85. The molecule has 0 radical (unpaired) electrons. The number of rotatable bonds is 7. The van der Waals surface area contributed by atoms with Crippen LogP contribution >= 0.6 is 0 Å². The number of nitrogens with one attached hydrogen (secondary N) is 1. The summed E-state index contributed by atoms with van der Waals surface area (Å²) >= 11 is 0. The molecule has 2 saturated heterocycles. The van der Waals surface area contributed by atoms with Crippen molar-refractivity contribution in [2.45, 2.75) is 57.3 Å². The molecule has 0 saturated carbocycles. The Balaban J connectivity index is 1.39. The van der Waals surface area contributed by atoms with Gasteiger partial charge in [0, 0.05) is 38.0 Å². The van der Waals surface area contributed by atoms with Crippen LogP contribution in [0.4, 0.5) is 0 Å². The van der Waals surface area contributed by atoms with E-state index >= 15 is 0 Å². The fourth-order valence-electron chi connectivity index (χ4n) is 3.86. The summed E-state index contributed by atoms with van der Waals surface area (Å²) < 4.78 is 1.81. The lowest BCUT2D eigenvalue weighted by Crippen LogP contribution is -2.42. The predicted molar refractivity (Wildman–Crippen MR) is 80.7 cm³/mol. The van der Waals surface area contributed by atoms with E-state index in [1.165, 1.54) is 25.7 Å². The van der Waals surface area contributed by atoms with Crippen molar-refractivity contribution in [1.82, 2.24) is 25.2 Å². The van der Waals surface area contributed by atoms with Crippen molar-refractivity contribution in [3.05, 3.63) is 11.9 Å². The summed E-state index contributed by atoms with van der Waals surface area (Å²) in [5.74, 6) is 0.808. The Morgan fingerprint density at radius 2 is 2.10 bits per heavy atom. The van der Waals surface area contributed by atoms with Gasteiger partial charge in [-0.1, -0.05) is 5.21 Å². The standard InChI is InChI=1S/C15H27N5O/c1-19-14-3-4-15(19)8-12(7-14)9-16-10-13-11-20(18-17-13)5-2-6-21/h11-12,14-16,21H,2-10H2,1H3. The molecule has 118 valence electrons. The fraction of sp³-hybridized carbons (Fsp3) is 0.867. The van der Waals surface area contributed by atoms with Gasteiger partial charge in [-0.2, -0.15) is 0 Å². The maximum absolute atomic E-state index is 8.81. The van der Waals surface area contributed by atoms with E-state index in [4.69, 9.17) is 5.11 Å². The number of piperidine rings is 1. The van der Waals surface area contributed by atoms with Crippen LogP contribution in [0.3, 0.4) is 0 Å². The maximum atomic E-state index is 8.81. The van der Waals surface area contributed by atoms with Crippen LogP contribution in [-0.2, 0) is 13.1 Å². The Morgan fingerprint density at radius 3 is 2.81 bits per heavy atom. The molecule has 0 aromatic carbocycles. The van der Waals surface area contributed by atoms with E-state index in [9.17, 15) is 0 Å². The van der Waals surface area contributed by atoms with Gasteiger partial charge in [-0.25, -0.2) is 0 Å². The van der Waals surface area contributed by atoms with E-state index in [1.54, 1.807) is 0 Å². The lowest BCUT2D eigenvalue weighted by atomic mass is 9.91. The highest BCUT2D eigenvalue weighted by atomic mass is 16.3. The largest absolute Gasteiger partial charge is 0.396 e. The van der Waals surface area contributed by atoms with Crippen molar-refractivity contribution >= 4 is 0 Å². The molecule has 2 atom stereocenters. The number of hydrogen-bond acceptors (Lipinski definition) is 5. The number of nitrogens with zero attached hydrogens (tertiary/aromatic N) is 4. The molecule has 0 spiro atoms. The quantitative estimate of drug-likeness (QED) is 0.771. The van der Waals surface area contributed by atoms with Gasteiger partial charge >= 0.3 is 0 Å². The zero-order valence-electron chi connectivity index (χ0n) is 12.9. The Labute approximate surface area is 126 Å². The van der Waals surface area contributed by atoms with E-state index in [0.29, 0.717) is 0 Å². The fourth-order valence-corrected chi connectivity index (χ4v) is 3.86. The number of aliphatic hydroxyl groups excluding tert-OH is 1. The molecule has 2 unspecified atom stereocenters. The van der Waals surface area contributed by atoms with Gasteiger partial charge in [0.25, 0.3) is 0 Å². The molecule has 0 aliphatic carbocycles. The molecule has 0 amide bonds. The molecule has 3 heterocycles. The van der Waals surface area contributed by atoms with Gasteiger partial charge < -0.3 is 15.3 Å². The molecule has 21 heavy (non-hydrogen) atoms. The molecule has 2 N–H and O–H groups in total. The minimum absolute atomic E-state index is 0.200. The maximum Gasteiger partial charge on any atom is 0.0964 e. The topological polar surface area (TPSA) is 66.2 Å². The molecular weight excluding hydrogens is 266 g/mol. The Morgan fingerprint density at radius 1 is 1.33 bits per heavy atom. The average molecular weight is 293 g/mol. The summed E-state index contributed by atoms with van der Waals surface area (Å²) in [6, 6.07) is 1.63. The van der Waals surface area contributed by atoms with Crippen LogP contribution in [-0.4, -0.2) is 57.3 Å². The zero-order valence-corrected chi connectivity index (χ0v) is 12.9. The molecule has 6 nitrogen and oxygen atoms in total. The third kappa shape index (κ3) is 3.62. The molecule has 1 aromatic rings. The molecule has 2 bridgehead atoms. The first-order valence-electron chi connectivity index (χ1n) is 8.18. The van der Waals surface area contributed by atoms with Gasteiger partial charge in [-0.15, -0.1) is 5.10 Å². The van der Waals surface area contributed by atoms with Crippen LogP contribution in [0.25, 0.3) is 0 Å². The van der Waals surface area contributed by atoms with Crippen LogP contribution in [0.2, 0.25) is 0 Å². The minimum Gasteiger partial charge on any atom is -0.396 e. The monoisotopic (exact) mass is 293 g/mol. The summed E-state index contributed by atoms with van der Waals surface area (Å²) in [5.41, 5.74) is 0.990. The number of hydrogen-bond donors (Lipinski definition) is 2. The summed E-state index contributed by atoms with van der Waals surface area (Å²) in [4.78, 5) is 2.59. The third-order valence-corrected chi connectivity index (χ3v) is 5.07. The highest BCUT2D eigenvalue weighted by molar-refractivity contribution is 4.95. The first-order valence-corrected chi connectivity index (χ1v) is 8.18. The van der Waals surface area contributed by atoms with Crippen LogP contribution in [0.15, 0.2) is 6.20 Å². The van der Waals surface area contributed by atoms with E-state index < -0.39 is 0 Å². The summed E-state index contributed by atoms with van der Waals surface area (Å²) in [6.07, 6.45) is 8.15. The molecule has 2 aliphatic rings. The van der Waals surface area contributed by atoms with E-state index in [1.807, 2.05) is 10.9 Å². The van der Waals surface area contributed by atoms with Crippen LogP contribution in [0.5, 0.6) is 0 Å². The van der Waals surface area contributed by atoms with Crippen molar-refractivity contribution in [2.75, 3.05) is 20.2 Å². The highest BCUT2D eigenvalue weighted by Crippen LogP contribution is 2.36. The molecule has 6 heteroatoms. The number of aliphatic hydroxyl groups is 1. The van der Waals surface area contributed by atoms with Gasteiger partial charge in [0.05, 0.1) is 5.69 Å². The lowest BCUT2D eigenvalue weighted by molar-refractivity contribution is 0.133. The van der Waals surface area contributed by atoms with Crippen molar-refractivity contribution in [1.29, 1.82) is 0 Å². The van der Waals surface area contributed by atoms with Crippen LogP contribution in [0.1, 0.15) is 37.8 Å². The molecular formula is C15H27N5O.